The molecule has 1 heterocycles. The molecule has 0 spiro atoms. The smallest absolute Gasteiger partial charge is 0.00980 e. The average molecular weight is 210 g/mol. The van der Waals surface area contributed by atoms with E-state index >= 15 is 0 Å². The standard InChI is InChI=1S/C13H26N2/c1-10-3-4-13(7-10)15-6-5-11(2)12(8-14)9-15/h10-13H,3-9,14H2,1-2H3. The first-order chi connectivity index (χ1) is 7.20. The van der Waals surface area contributed by atoms with E-state index in [4.69, 9.17) is 5.73 Å². The van der Waals surface area contributed by atoms with Gasteiger partial charge in [0.25, 0.3) is 0 Å². The molecule has 1 aliphatic carbocycles. The number of nitrogens with two attached hydrogens (primary N) is 1. The van der Waals surface area contributed by atoms with Crippen LogP contribution in [0.25, 0.3) is 0 Å². The summed E-state index contributed by atoms with van der Waals surface area (Å²) in [5, 5.41) is 0. The van der Waals surface area contributed by atoms with Crippen LogP contribution in [0.2, 0.25) is 0 Å². The van der Waals surface area contributed by atoms with Crippen LogP contribution in [-0.2, 0) is 0 Å². The second kappa shape index (κ2) is 4.84. The van der Waals surface area contributed by atoms with Gasteiger partial charge in [0, 0.05) is 12.6 Å². The number of hydrogen-bond acceptors (Lipinski definition) is 2. The lowest BCUT2D eigenvalue weighted by molar-refractivity contribution is 0.0916. The fourth-order valence-electron chi connectivity index (χ4n) is 3.32. The molecular formula is C13H26N2. The van der Waals surface area contributed by atoms with E-state index in [9.17, 15) is 0 Å². The molecule has 2 heteroatoms. The molecule has 4 unspecified atom stereocenters. The zero-order valence-electron chi connectivity index (χ0n) is 10.3. The molecule has 0 radical (unpaired) electrons. The first-order valence-corrected chi connectivity index (χ1v) is 6.64. The van der Waals surface area contributed by atoms with Crippen LogP contribution in [0.4, 0.5) is 0 Å². The van der Waals surface area contributed by atoms with Crippen LogP contribution in [-0.4, -0.2) is 30.6 Å². The van der Waals surface area contributed by atoms with E-state index in [0.717, 1.165) is 30.3 Å². The van der Waals surface area contributed by atoms with Gasteiger partial charge in [-0.1, -0.05) is 13.8 Å². The zero-order chi connectivity index (χ0) is 10.8. The molecule has 2 nitrogen and oxygen atoms in total. The minimum atomic E-state index is 0.745. The number of piperidine rings is 1. The molecule has 88 valence electrons. The van der Waals surface area contributed by atoms with Gasteiger partial charge in [-0.25, -0.2) is 0 Å². The predicted molar refractivity (Wildman–Crippen MR) is 64.7 cm³/mol. The molecule has 2 fully saturated rings. The Balaban J connectivity index is 1.88. The van der Waals surface area contributed by atoms with Crippen molar-refractivity contribution in [3.8, 4) is 0 Å². The quantitative estimate of drug-likeness (QED) is 0.756. The molecule has 0 amide bonds. The Morgan fingerprint density at radius 1 is 1.20 bits per heavy atom. The van der Waals surface area contributed by atoms with Crippen molar-refractivity contribution in [2.45, 2.75) is 45.6 Å². The largest absolute Gasteiger partial charge is 0.330 e. The fourth-order valence-corrected chi connectivity index (χ4v) is 3.32. The Morgan fingerprint density at radius 2 is 2.00 bits per heavy atom. The zero-order valence-corrected chi connectivity index (χ0v) is 10.3. The number of rotatable bonds is 2. The molecule has 0 aromatic carbocycles. The van der Waals surface area contributed by atoms with Crippen molar-refractivity contribution in [1.82, 2.24) is 4.90 Å². The topological polar surface area (TPSA) is 29.3 Å². The molecule has 2 N–H and O–H groups in total. The first-order valence-electron chi connectivity index (χ1n) is 6.64. The molecule has 4 atom stereocenters. The van der Waals surface area contributed by atoms with E-state index in [1.54, 1.807) is 0 Å². The molecule has 2 aliphatic rings. The maximum atomic E-state index is 5.86. The maximum Gasteiger partial charge on any atom is 0.00980 e. The summed E-state index contributed by atoms with van der Waals surface area (Å²) in [6, 6.07) is 0.876. The van der Waals surface area contributed by atoms with Crippen molar-refractivity contribution in [1.29, 1.82) is 0 Å². The van der Waals surface area contributed by atoms with Gasteiger partial charge in [0.05, 0.1) is 0 Å². The van der Waals surface area contributed by atoms with Crippen LogP contribution in [0.3, 0.4) is 0 Å². The summed E-state index contributed by atoms with van der Waals surface area (Å²) in [5.74, 6) is 2.53. The van der Waals surface area contributed by atoms with E-state index in [1.165, 1.54) is 38.8 Å². The van der Waals surface area contributed by atoms with Gasteiger partial charge in [-0.15, -0.1) is 0 Å². The highest BCUT2D eigenvalue weighted by atomic mass is 15.2. The molecule has 0 aromatic heterocycles. The number of nitrogens with zero attached hydrogens (tertiary/aromatic N) is 1. The normalized spacial score (nSPS) is 43.4. The summed E-state index contributed by atoms with van der Waals surface area (Å²) in [5.41, 5.74) is 5.86. The van der Waals surface area contributed by atoms with Gasteiger partial charge in [-0.3, -0.25) is 0 Å². The Kier molecular flexibility index (Phi) is 3.68. The summed E-state index contributed by atoms with van der Waals surface area (Å²) in [6.45, 7) is 8.21. The molecule has 0 bridgehead atoms. The monoisotopic (exact) mass is 210 g/mol. The van der Waals surface area contributed by atoms with Gasteiger partial charge < -0.3 is 10.6 Å². The van der Waals surface area contributed by atoms with Gasteiger partial charge in [0.2, 0.25) is 0 Å². The summed E-state index contributed by atoms with van der Waals surface area (Å²) < 4.78 is 0. The lowest BCUT2D eigenvalue weighted by Gasteiger charge is -2.40. The van der Waals surface area contributed by atoms with Crippen LogP contribution in [0.1, 0.15) is 39.5 Å². The Morgan fingerprint density at radius 3 is 2.60 bits per heavy atom. The van der Waals surface area contributed by atoms with Gasteiger partial charge in [0.1, 0.15) is 0 Å². The molecule has 1 saturated heterocycles. The highest BCUT2D eigenvalue weighted by molar-refractivity contribution is 4.86. The van der Waals surface area contributed by atoms with Gasteiger partial charge >= 0.3 is 0 Å². The van der Waals surface area contributed by atoms with Crippen molar-refractivity contribution in [3.05, 3.63) is 0 Å². The van der Waals surface area contributed by atoms with Crippen molar-refractivity contribution in [3.63, 3.8) is 0 Å². The predicted octanol–water partition coefficient (Wildman–Crippen LogP) is 2.09. The van der Waals surface area contributed by atoms with Gasteiger partial charge in [-0.2, -0.15) is 0 Å². The van der Waals surface area contributed by atoms with Crippen LogP contribution in [0.5, 0.6) is 0 Å². The molecular weight excluding hydrogens is 184 g/mol. The van der Waals surface area contributed by atoms with E-state index < -0.39 is 0 Å². The van der Waals surface area contributed by atoms with Gasteiger partial charge in [0.15, 0.2) is 0 Å². The average Bonchev–Trinajstić information content (AvgIpc) is 2.66. The van der Waals surface area contributed by atoms with E-state index in [1.807, 2.05) is 0 Å². The lowest BCUT2D eigenvalue weighted by atomic mass is 9.86. The summed E-state index contributed by atoms with van der Waals surface area (Å²) >= 11 is 0. The second-order valence-electron chi connectivity index (χ2n) is 5.83. The Labute approximate surface area is 94.2 Å². The van der Waals surface area contributed by atoms with E-state index in [-0.39, 0.29) is 0 Å². The molecule has 0 aromatic rings. The third-order valence-electron chi connectivity index (χ3n) is 4.63. The number of hydrogen-bond donors (Lipinski definition) is 1. The first kappa shape index (κ1) is 11.4. The number of likely N-dealkylation sites (tertiary alicyclic amines) is 1. The summed E-state index contributed by atoms with van der Waals surface area (Å²) in [4.78, 5) is 2.72. The van der Waals surface area contributed by atoms with Crippen molar-refractivity contribution in [2.24, 2.45) is 23.5 Å². The SMILES string of the molecule is CC1CCC(N2CCC(C)C(CN)C2)C1. The third-order valence-corrected chi connectivity index (χ3v) is 4.63. The highest BCUT2D eigenvalue weighted by Gasteiger charge is 2.32. The fraction of sp³-hybridized carbons (Fsp3) is 1.00. The van der Waals surface area contributed by atoms with Crippen molar-refractivity contribution in [2.75, 3.05) is 19.6 Å². The minimum absolute atomic E-state index is 0.745. The Bertz CT molecular complexity index is 205. The van der Waals surface area contributed by atoms with E-state index in [0.29, 0.717) is 0 Å². The second-order valence-corrected chi connectivity index (χ2v) is 5.83. The molecule has 1 saturated carbocycles. The van der Waals surface area contributed by atoms with Crippen LogP contribution in [0.15, 0.2) is 0 Å². The molecule has 1 aliphatic heterocycles. The van der Waals surface area contributed by atoms with Crippen LogP contribution < -0.4 is 5.73 Å². The maximum absolute atomic E-state index is 5.86. The van der Waals surface area contributed by atoms with Crippen LogP contribution in [0, 0.1) is 17.8 Å². The summed E-state index contributed by atoms with van der Waals surface area (Å²) in [7, 11) is 0. The van der Waals surface area contributed by atoms with Crippen molar-refractivity contribution < 1.29 is 0 Å². The third kappa shape index (κ3) is 2.54. The lowest BCUT2D eigenvalue weighted by Crippen LogP contribution is -2.46. The molecule has 15 heavy (non-hydrogen) atoms. The van der Waals surface area contributed by atoms with Crippen molar-refractivity contribution >= 4 is 0 Å². The van der Waals surface area contributed by atoms with Crippen LogP contribution >= 0.6 is 0 Å². The minimum Gasteiger partial charge on any atom is -0.330 e. The molecule has 2 rings (SSSR count). The highest BCUT2D eigenvalue weighted by Crippen LogP contribution is 2.32. The Hall–Kier alpha value is -0.0800. The summed E-state index contributed by atoms with van der Waals surface area (Å²) in [6.07, 6.45) is 5.63. The van der Waals surface area contributed by atoms with E-state index in [2.05, 4.69) is 18.7 Å². The van der Waals surface area contributed by atoms with Gasteiger partial charge in [-0.05, 0) is 56.5 Å².